The van der Waals surface area contributed by atoms with Crippen molar-refractivity contribution in [1.29, 1.82) is 5.26 Å². The molecule has 0 saturated carbocycles. The summed E-state index contributed by atoms with van der Waals surface area (Å²) in [6, 6.07) is 10.1. The third kappa shape index (κ3) is 4.14. The van der Waals surface area contributed by atoms with Gasteiger partial charge in [0.25, 0.3) is 0 Å². The van der Waals surface area contributed by atoms with Crippen LogP contribution >= 0.6 is 23.2 Å². The van der Waals surface area contributed by atoms with Crippen LogP contribution in [0.2, 0.25) is 10.0 Å². The van der Waals surface area contributed by atoms with Crippen molar-refractivity contribution >= 4 is 40.1 Å². The maximum absolute atomic E-state index is 12.6. The third-order valence-corrected chi connectivity index (χ3v) is 5.32. The number of likely N-dealkylation sites (tertiary alicyclic amines) is 1. The first-order chi connectivity index (χ1) is 14.0. The summed E-state index contributed by atoms with van der Waals surface area (Å²) in [6.07, 6.45) is 3.22. The summed E-state index contributed by atoms with van der Waals surface area (Å²) >= 11 is 12.4. The Kier molecular flexibility index (Phi) is 5.56. The molecule has 9 heteroatoms. The Balaban J connectivity index is 1.64. The number of rotatable bonds is 4. The second-order valence-corrected chi connectivity index (χ2v) is 7.67. The summed E-state index contributed by atoms with van der Waals surface area (Å²) in [5.74, 6) is 0.678. The normalized spacial score (nSPS) is 14.0. The Bertz CT molecular complexity index is 1120. The minimum atomic E-state index is 0.0161. The molecule has 0 aliphatic carbocycles. The highest BCUT2D eigenvalue weighted by atomic mass is 35.5. The predicted octanol–water partition coefficient (Wildman–Crippen LogP) is 4.41. The number of carbonyl (C=O) groups is 1. The number of nitrogens with zero attached hydrogens (tertiary/aromatic N) is 5. The van der Waals surface area contributed by atoms with Gasteiger partial charge in [-0.2, -0.15) is 5.26 Å². The van der Waals surface area contributed by atoms with Crippen LogP contribution in [0.3, 0.4) is 0 Å². The van der Waals surface area contributed by atoms with Crippen molar-refractivity contribution in [2.24, 2.45) is 0 Å². The first-order valence-electron chi connectivity index (χ1n) is 9.23. The van der Waals surface area contributed by atoms with Crippen LogP contribution in [0.4, 0.5) is 0 Å². The largest absolute Gasteiger partial charge is 0.453 e. The second-order valence-electron chi connectivity index (χ2n) is 6.82. The fourth-order valence-corrected chi connectivity index (χ4v) is 3.79. The van der Waals surface area contributed by atoms with Gasteiger partial charge in [-0.3, -0.25) is 4.79 Å². The minimum absolute atomic E-state index is 0.0161. The standard InChI is InChI=1S/C20H17Cl2N5O2/c21-14-8-13(11-23)9-15(10-14)29-20-16(22)4-5-17-19(20)24-25-27(17)12-18(28)26-6-2-1-3-7-26/h4-5,8-10H,1-3,6-7,12H2. The summed E-state index contributed by atoms with van der Waals surface area (Å²) < 4.78 is 7.45. The van der Waals surface area contributed by atoms with E-state index in [1.54, 1.807) is 35.0 Å². The van der Waals surface area contributed by atoms with E-state index in [1.165, 1.54) is 0 Å². The lowest BCUT2D eigenvalue weighted by molar-refractivity contribution is -0.132. The van der Waals surface area contributed by atoms with Gasteiger partial charge in [-0.25, -0.2) is 4.68 Å². The van der Waals surface area contributed by atoms with Crippen LogP contribution in [-0.4, -0.2) is 38.9 Å². The third-order valence-electron chi connectivity index (χ3n) is 4.81. The van der Waals surface area contributed by atoms with Gasteiger partial charge in [0.1, 0.15) is 12.3 Å². The average Bonchev–Trinajstić information content (AvgIpc) is 3.13. The summed E-state index contributed by atoms with van der Waals surface area (Å²) in [4.78, 5) is 14.5. The lowest BCUT2D eigenvalue weighted by Gasteiger charge is -2.26. The SMILES string of the molecule is N#Cc1cc(Cl)cc(Oc2c(Cl)ccc3c2nnn3CC(=O)N2CCCCC2)c1. The van der Waals surface area contributed by atoms with E-state index in [1.807, 2.05) is 11.0 Å². The molecular weight excluding hydrogens is 413 g/mol. The van der Waals surface area contributed by atoms with Gasteiger partial charge in [0.15, 0.2) is 11.3 Å². The number of amides is 1. The van der Waals surface area contributed by atoms with Crippen molar-refractivity contribution < 1.29 is 9.53 Å². The van der Waals surface area contributed by atoms with Crippen molar-refractivity contribution in [3.05, 3.63) is 45.9 Å². The van der Waals surface area contributed by atoms with Gasteiger partial charge < -0.3 is 9.64 Å². The Morgan fingerprint density at radius 1 is 1.17 bits per heavy atom. The molecule has 1 amide bonds. The van der Waals surface area contributed by atoms with E-state index in [4.69, 9.17) is 33.2 Å². The Labute approximate surface area is 177 Å². The van der Waals surface area contributed by atoms with E-state index in [2.05, 4.69) is 10.3 Å². The van der Waals surface area contributed by atoms with Gasteiger partial charge in [-0.05, 0) is 49.6 Å². The Hall–Kier alpha value is -2.82. The highest BCUT2D eigenvalue weighted by molar-refractivity contribution is 6.33. The molecule has 1 fully saturated rings. The zero-order chi connectivity index (χ0) is 20.4. The van der Waals surface area contributed by atoms with Crippen LogP contribution in [0.25, 0.3) is 11.0 Å². The van der Waals surface area contributed by atoms with Crippen LogP contribution in [0.1, 0.15) is 24.8 Å². The van der Waals surface area contributed by atoms with Crippen molar-refractivity contribution in [1.82, 2.24) is 19.9 Å². The lowest BCUT2D eigenvalue weighted by atomic mass is 10.1. The number of benzene rings is 2. The fraction of sp³-hybridized carbons (Fsp3) is 0.300. The molecule has 2 aromatic carbocycles. The maximum Gasteiger partial charge on any atom is 0.244 e. The molecule has 0 radical (unpaired) electrons. The average molecular weight is 430 g/mol. The van der Waals surface area contributed by atoms with E-state index in [-0.39, 0.29) is 12.5 Å². The van der Waals surface area contributed by atoms with Crippen LogP contribution in [-0.2, 0) is 11.3 Å². The van der Waals surface area contributed by atoms with Gasteiger partial charge >= 0.3 is 0 Å². The highest BCUT2D eigenvalue weighted by Crippen LogP contribution is 2.36. The summed E-state index contributed by atoms with van der Waals surface area (Å²) in [7, 11) is 0. The molecule has 0 spiro atoms. The molecule has 1 saturated heterocycles. The van der Waals surface area contributed by atoms with Gasteiger partial charge in [0.2, 0.25) is 5.91 Å². The summed E-state index contributed by atoms with van der Waals surface area (Å²) in [5.41, 5.74) is 1.44. The number of aromatic nitrogens is 3. The number of nitriles is 1. The smallest absolute Gasteiger partial charge is 0.244 e. The zero-order valence-corrected chi connectivity index (χ0v) is 16.9. The fourth-order valence-electron chi connectivity index (χ4n) is 3.38. The van der Waals surface area contributed by atoms with E-state index < -0.39 is 0 Å². The van der Waals surface area contributed by atoms with E-state index in [0.29, 0.717) is 38.1 Å². The summed E-state index contributed by atoms with van der Waals surface area (Å²) in [6.45, 7) is 1.66. The number of fused-ring (bicyclic) bond motifs is 1. The Morgan fingerprint density at radius 2 is 1.97 bits per heavy atom. The quantitative estimate of drug-likeness (QED) is 0.612. The molecule has 2 heterocycles. The molecule has 7 nitrogen and oxygen atoms in total. The number of carbonyl (C=O) groups excluding carboxylic acids is 1. The van der Waals surface area contributed by atoms with E-state index in [0.717, 1.165) is 32.4 Å². The molecule has 0 unspecified atom stereocenters. The van der Waals surface area contributed by atoms with E-state index >= 15 is 0 Å². The van der Waals surface area contributed by atoms with E-state index in [9.17, 15) is 4.79 Å². The van der Waals surface area contributed by atoms with Gasteiger partial charge in [0, 0.05) is 18.1 Å². The number of piperidine rings is 1. The topological polar surface area (TPSA) is 84.0 Å². The molecule has 148 valence electrons. The molecule has 29 heavy (non-hydrogen) atoms. The number of hydrogen-bond donors (Lipinski definition) is 0. The van der Waals surface area contributed by atoms with Crippen LogP contribution in [0.15, 0.2) is 30.3 Å². The molecule has 0 N–H and O–H groups in total. The summed E-state index contributed by atoms with van der Waals surface area (Å²) in [5, 5.41) is 18.1. The van der Waals surface area contributed by atoms with Gasteiger partial charge in [-0.15, -0.1) is 5.10 Å². The first-order valence-corrected chi connectivity index (χ1v) is 9.99. The predicted molar refractivity (Wildman–Crippen MR) is 109 cm³/mol. The molecule has 0 atom stereocenters. The molecule has 1 aliphatic heterocycles. The minimum Gasteiger partial charge on any atom is -0.453 e. The van der Waals surface area contributed by atoms with Crippen LogP contribution < -0.4 is 4.74 Å². The van der Waals surface area contributed by atoms with Gasteiger partial charge in [0.05, 0.1) is 22.2 Å². The number of hydrogen-bond acceptors (Lipinski definition) is 5. The molecular formula is C20H17Cl2N5O2. The van der Waals surface area contributed by atoms with Gasteiger partial charge in [-0.1, -0.05) is 28.4 Å². The first kappa shape index (κ1) is 19.5. The van der Waals surface area contributed by atoms with Crippen LogP contribution in [0.5, 0.6) is 11.5 Å². The Morgan fingerprint density at radius 3 is 2.72 bits per heavy atom. The maximum atomic E-state index is 12.6. The zero-order valence-electron chi connectivity index (χ0n) is 15.4. The highest BCUT2D eigenvalue weighted by Gasteiger charge is 2.20. The lowest BCUT2D eigenvalue weighted by Crippen LogP contribution is -2.37. The molecule has 1 aliphatic rings. The van der Waals surface area contributed by atoms with Crippen LogP contribution in [0, 0.1) is 11.3 Å². The van der Waals surface area contributed by atoms with Crippen molar-refractivity contribution in [3.63, 3.8) is 0 Å². The molecule has 4 rings (SSSR count). The molecule has 3 aromatic rings. The van der Waals surface area contributed by atoms with Crippen molar-refractivity contribution in [3.8, 4) is 17.6 Å². The second kappa shape index (κ2) is 8.27. The number of halogens is 2. The molecule has 1 aromatic heterocycles. The number of ether oxygens (including phenoxy) is 1. The molecule has 0 bridgehead atoms. The monoisotopic (exact) mass is 429 g/mol. The van der Waals surface area contributed by atoms with Crippen molar-refractivity contribution in [2.45, 2.75) is 25.8 Å². The van der Waals surface area contributed by atoms with Crippen molar-refractivity contribution in [2.75, 3.05) is 13.1 Å².